The summed E-state index contributed by atoms with van der Waals surface area (Å²) < 4.78 is 18.0. The van der Waals surface area contributed by atoms with Gasteiger partial charge in [-0.15, -0.1) is 0 Å². The average Bonchev–Trinajstić information content (AvgIpc) is 3.33. The van der Waals surface area contributed by atoms with Gasteiger partial charge in [-0.05, 0) is 60.6 Å². The average molecular weight is 424 g/mol. The van der Waals surface area contributed by atoms with E-state index in [0.717, 1.165) is 41.8 Å². The third-order valence-electron chi connectivity index (χ3n) is 6.11. The van der Waals surface area contributed by atoms with Crippen LogP contribution in [0.4, 0.5) is 5.69 Å². The molecule has 166 valence electrons. The molecule has 1 fully saturated rings. The Morgan fingerprint density at radius 3 is 2.61 bits per heavy atom. The van der Waals surface area contributed by atoms with Crippen molar-refractivity contribution in [1.82, 2.24) is 0 Å². The standard InChI is InChI=1S/C26H33NO4/c1-5-6-7-20-9-11-23-22(17-20)26(30-14-15-31-26)25(28)27(23)12-13-29-24-16-19(4)8-10-21(24)18(2)3/h8-11,16-18H,5-7,12-15H2,1-4H3. The van der Waals surface area contributed by atoms with E-state index in [4.69, 9.17) is 14.2 Å². The van der Waals surface area contributed by atoms with E-state index in [-0.39, 0.29) is 5.91 Å². The summed E-state index contributed by atoms with van der Waals surface area (Å²) in [5.74, 6) is -0.177. The van der Waals surface area contributed by atoms with Gasteiger partial charge in [-0.1, -0.05) is 45.4 Å². The van der Waals surface area contributed by atoms with Gasteiger partial charge in [0.2, 0.25) is 0 Å². The van der Waals surface area contributed by atoms with Crippen LogP contribution in [0.3, 0.4) is 0 Å². The Bertz CT molecular complexity index is 946. The number of carbonyl (C=O) groups is 1. The van der Waals surface area contributed by atoms with Crippen molar-refractivity contribution >= 4 is 11.6 Å². The number of carbonyl (C=O) groups excluding carboxylic acids is 1. The smallest absolute Gasteiger partial charge is 0.292 e. The van der Waals surface area contributed by atoms with Crippen LogP contribution >= 0.6 is 0 Å². The Labute approximate surface area is 185 Å². The Balaban J connectivity index is 1.55. The summed E-state index contributed by atoms with van der Waals surface area (Å²) in [5.41, 5.74) is 5.25. The quantitative estimate of drug-likeness (QED) is 0.594. The van der Waals surface area contributed by atoms with Gasteiger partial charge in [0.15, 0.2) is 0 Å². The lowest BCUT2D eigenvalue weighted by Gasteiger charge is -2.22. The van der Waals surface area contributed by atoms with Gasteiger partial charge in [-0.2, -0.15) is 0 Å². The number of aryl methyl sites for hydroxylation is 2. The summed E-state index contributed by atoms with van der Waals surface area (Å²) in [6, 6.07) is 12.5. The SMILES string of the molecule is CCCCc1ccc2c(c1)C1(OCCO1)C(=O)N2CCOc1cc(C)ccc1C(C)C. The number of unbranched alkanes of at least 4 members (excludes halogenated alkanes) is 1. The molecular weight excluding hydrogens is 390 g/mol. The second-order valence-corrected chi connectivity index (χ2v) is 8.77. The van der Waals surface area contributed by atoms with E-state index in [0.29, 0.717) is 32.3 Å². The zero-order chi connectivity index (χ0) is 22.0. The molecule has 2 aliphatic rings. The third kappa shape index (κ3) is 4.09. The second kappa shape index (κ2) is 9.01. The van der Waals surface area contributed by atoms with Crippen molar-refractivity contribution < 1.29 is 19.0 Å². The summed E-state index contributed by atoms with van der Waals surface area (Å²) in [7, 11) is 0. The van der Waals surface area contributed by atoms with Crippen molar-refractivity contribution in [2.24, 2.45) is 0 Å². The van der Waals surface area contributed by atoms with Gasteiger partial charge in [-0.25, -0.2) is 0 Å². The zero-order valence-corrected chi connectivity index (χ0v) is 19.1. The minimum absolute atomic E-state index is 0.149. The van der Waals surface area contributed by atoms with Crippen LogP contribution in [-0.2, 0) is 26.5 Å². The molecule has 0 aliphatic carbocycles. The molecule has 0 N–H and O–H groups in total. The molecule has 1 saturated heterocycles. The minimum atomic E-state index is -1.29. The summed E-state index contributed by atoms with van der Waals surface area (Å²) in [4.78, 5) is 15.2. The zero-order valence-electron chi connectivity index (χ0n) is 19.1. The van der Waals surface area contributed by atoms with Crippen LogP contribution in [0.5, 0.6) is 5.75 Å². The lowest BCUT2D eigenvalue weighted by atomic mass is 10.0. The molecule has 0 bridgehead atoms. The first-order chi connectivity index (χ1) is 15.0. The highest BCUT2D eigenvalue weighted by atomic mass is 16.7. The monoisotopic (exact) mass is 423 g/mol. The van der Waals surface area contributed by atoms with Crippen molar-refractivity contribution in [3.05, 3.63) is 58.7 Å². The molecule has 0 saturated carbocycles. The molecule has 0 aromatic heterocycles. The van der Waals surface area contributed by atoms with E-state index in [2.05, 4.69) is 58.0 Å². The summed E-state index contributed by atoms with van der Waals surface area (Å²) in [5, 5.41) is 0. The number of fused-ring (bicyclic) bond motifs is 2. The van der Waals surface area contributed by atoms with Crippen molar-refractivity contribution in [3.8, 4) is 5.75 Å². The van der Waals surface area contributed by atoms with Crippen LogP contribution < -0.4 is 9.64 Å². The van der Waals surface area contributed by atoms with Gasteiger partial charge in [0.25, 0.3) is 11.7 Å². The molecule has 2 heterocycles. The molecule has 2 aliphatic heterocycles. The molecule has 2 aromatic carbocycles. The first kappa shape index (κ1) is 21.8. The van der Waals surface area contributed by atoms with Crippen LogP contribution in [0.15, 0.2) is 36.4 Å². The highest BCUT2D eigenvalue weighted by molar-refractivity contribution is 6.06. The number of amides is 1. The van der Waals surface area contributed by atoms with Crippen LogP contribution in [-0.4, -0.2) is 32.3 Å². The maximum atomic E-state index is 13.4. The predicted molar refractivity (Wildman–Crippen MR) is 122 cm³/mol. The van der Waals surface area contributed by atoms with Crippen LogP contribution in [0.1, 0.15) is 61.8 Å². The van der Waals surface area contributed by atoms with E-state index in [1.165, 1.54) is 11.1 Å². The fourth-order valence-electron chi connectivity index (χ4n) is 4.42. The normalized spacial score (nSPS) is 17.1. The fourth-order valence-corrected chi connectivity index (χ4v) is 4.42. The molecule has 0 radical (unpaired) electrons. The number of hydrogen-bond donors (Lipinski definition) is 0. The Morgan fingerprint density at radius 1 is 1.13 bits per heavy atom. The van der Waals surface area contributed by atoms with Crippen LogP contribution in [0, 0.1) is 6.92 Å². The molecule has 5 heteroatoms. The number of rotatable bonds is 8. The van der Waals surface area contributed by atoms with E-state index >= 15 is 0 Å². The molecule has 1 amide bonds. The van der Waals surface area contributed by atoms with E-state index in [1.807, 2.05) is 6.07 Å². The van der Waals surface area contributed by atoms with Crippen LogP contribution in [0.25, 0.3) is 0 Å². The van der Waals surface area contributed by atoms with E-state index in [1.54, 1.807) is 4.90 Å². The summed E-state index contributed by atoms with van der Waals surface area (Å²) in [6.45, 7) is 10.3. The highest BCUT2D eigenvalue weighted by Gasteiger charge is 2.56. The Morgan fingerprint density at radius 2 is 1.90 bits per heavy atom. The number of benzene rings is 2. The molecule has 4 rings (SSSR count). The lowest BCUT2D eigenvalue weighted by molar-refractivity contribution is -0.180. The number of anilines is 1. The molecule has 0 unspecified atom stereocenters. The summed E-state index contributed by atoms with van der Waals surface area (Å²) in [6.07, 6.45) is 3.24. The number of hydrogen-bond acceptors (Lipinski definition) is 4. The van der Waals surface area contributed by atoms with Gasteiger partial charge in [0.05, 0.1) is 25.4 Å². The van der Waals surface area contributed by atoms with Gasteiger partial charge in [0.1, 0.15) is 12.4 Å². The van der Waals surface area contributed by atoms with Crippen LogP contribution in [0.2, 0.25) is 0 Å². The van der Waals surface area contributed by atoms with E-state index in [9.17, 15) is 4.79 Å². The topological polar surface area (TPSA) is 48.0 Å². The first-order valence-corrected chi connectivity index (χ1v) is 11.4. The molecule has 5 nitrogen and oxygen atoms in total. The maximum absolute atomic E-state index is 13.4. The van der Waals surface area contributed by atoms with Crippen molar-refractivity contribution in [3.63, 3.8) is 0 Å². The van der Waals surface area contributed by atoms with Gasteiger partial charge in [-0.3, -0.25) is 4.79 Å². The van der Waals surface area contributed by atoms with Gasteiger partial charge in [0, 0.05) is 5.56 Å². The van der Waals surface area contributed by atoms with Gasteiger partial charge >= 0.3 is 0 Å². The molecule has 0 atom stereocenters. The minimum Gasteiger partial charge on any atom is -0.491 e. The first-order valence-electron chi connectivity index (χ1n) is 11.4. The van der Waals surface area contributed by atoms with Crippen molar-refractivity contribution in [1.29, 1.82) is 0 Å². The highest BCUT2D eigenvalue weighted by Crippen LogP contribution is 2.46. The molecular formula is C26H33NO4. The van der Waals surface area contributed by atoms with E-state index < -0.39 is 5.79 Å². The Kier molecular flexibility index (Phi) is 6.35. The largest absolute Gasteiger partial charge is 0.491 e. The number of nitrogens with zero attached hydrogens (tertiary/aromatic N) is 1. The molecule has 2 aromatic rings. The van der Waals surface area contributed by atoms with Crippen molar-refractivity contribution in [2.45, 2.75) is 58.7 Å². The van der Waals surface area contributed by atoms with Crippen molar-refractivity contribution in [2.75, 3.05) is 31.3 Å². The summed E-state index contributed by atoms with van der Waals surface area (Å²) >= 11 is 0. The molecule has 31 heavy (non-hydrogen) atoms. The third-order valence-corrected chi connectivity index (χ3v) is 6.11. The second-order valence-electron chi connectivity index (χ2n) is 8.77. The molecule has 1 spiro atoms. The maximum Gasteiger partial charge on any atom is 0.292 e. The van der Waals surface area contributed by atoms with Gasteiger partial charge < -0.3 is 19.1 Å². The Hall–Kier alpha value is -2.37. The lowest BCUT2D eigenvalue weighted by Crippen LogP contribution is -2.42. The number of ether oxygens (including phenoxy) is 3. The predicted octanol–water partition coefficient (Wildman–Crippen LogP) is 5.09. The fraction of sp³-hybridized carbons (Fsp3) is 0.500.